The molecule has 0 bridgehead atoms. The monoisotopic (exact) mass is 455 g/mol. The summed E-state index contributed by atoms with van der Waals surface area (Å²) < 4.78 is 5.56. The minimum Gasteiger partial charge on any atom is -0.372 e. The first-order valence-corrected chi connectivity index (χ1v) is 11.8. The molecule has 1 atom stereocenters. The highest BCUT2D eigenvalue weighted by molar-refractivity contribution is 7.13. The lowest BCUT2D eigenvalue weighted by Gasteiger charge is -2.33. The van der Waals surface area contributed by atoms with Crippen LogP contribution < -0.4 is 5.32 Å². The molecule has 1 aliphatic rings. The number of benzene rings is 3. The highest BCUT2D eigenvalue weighted by Gasteiger charge is 2.39. The molecule has 0 saturated heterocycles. The summed E-state index contributed by atoms with van der Waals surface area (Å²) in [5.41, 5.74) is 7.92. The first-order valence-electron chi connectivity index (χ1n) is 10.9. The van der Waals surface area contributed by atoms with E-state index in [4.69, 9.17) is 4.74 Å². The zero-order chi connectivity index (χ0) is 22.8. The Hall–Kier alpha value is -3.35. The van der Waals surface area contributed by atoms with Crippen molar-refractivity contribution in [3.05, 3.63) is 101 Å². The van der Waals surface area contributed by atoms with Gasteiger partial charge in [-0.1, -0.05) is 91.9 Å². The van der Waals surface area contributed by atoms with Crippen LogP contribution in [0.2, 0.25) is 0 Å². The summed E-state index contributed by atoms with van der Waals surface area (Å²) in [7, 11) is 0. The number of rotatable bonds is 6. The number of aromatic nitrogens is 2. The van der Waals surface area contributed by atoms with E-state index in [0.717, 1.165) is 16.7 Å². The van der Waals surface area contributed by atoms with Gasteiger partial charge in [0.1, 0.15) is 5.51 Å². The minimum atomic E-state index is -0.723. The highest BCUT2D eigenvalue weighted by atomic mass is 32.1. The van der Waals surface area contributed by atoms with Gasteiger partial charge in [0.15, 0.2) is 0 Å². The molecular formula is C27H25N3O2S. The van der Waals surface area contributed by atoms with Crippen molar-refractivity contribution in [3.8, 4) is 11.1 Å². The Morgan fingerprint density at radius 1 is 0.939 bits per heavy atom. The van der Waals surface area contributed by atoms with Gasteiger partial charge in [-0.25, -0.2) is 0 Å². The van der Waals surface area contributed by atoms with Crippen molar-refractivity contribution in [1.82, 2.24) is 10.2 Å². The van der Waals surface area contributed by atoms with E-state index in [-0.39, 0.29) is 11.8 Å². The van der Waals surface area contributed by atoms with Gasteiger partial charge in [-0.15, -0.1) is 10.2 Å². The van der Waals surface area contributed by atoms with E-state index >= 15 is 0 Å². The van der Waals surface area contributed by atoms with Crippen molar-refractivity contribution >= 4 is 22.4 Å². The quantitative estimate of drug-likeness (QED) is 0.385. The topological polar surface area (TPSA) is 64.1 Å². The number of carbonyl (C=O) groups excluding carboxylic acids is 1. The number of carbonyl (C=O) groups is 1. The van der Waals surface area contributed by atoms with Crippen LogP contribution in [0.4, 0.5) is 5.13 Å². The van der Waals surface area contributed by atoms with Crippen LogP contribution in [0.25, 0.3) is 11.1 Å². The Bertz CT molecular complexity index is 1250. The fourth-order valence-electron chi connectivity index (χ4n) is 4.51. The van der Waals surface area contributed by atoms with Crippen LogP contribution in [0.1, 0.15) is 42.0 Å². The maximum atomic E-state index is 13.3. The van der Waals surface area contributed by atoms with E-state index in [2.05, 4.69) is 70.1 Å². The molecule has 1 unspecified atom stereocenters. The average Bonchev–Trinajstić information content (AvgIpc) is 3.52. The molecule has 1 aromatic heterocycles. The molecule has 0 fully saturated rings. The molecule has 2 heterocycles. The number of hydrogen-bond donors (Lipinski definition) is 1. The Morgan fingerprint density at radius 3 is 2.36 bits per heavy atom. The van der Waals surface area contributed by atoms with Crippen LogP contribution in [0.15, 0.2) is 78.3 Å². The largest absolute Gasteiger partial charge is 0.372 e. The molecule has 1 N–H and O–H groups in total. The van der Waals surface area contributed by atoms with Crippen molar-refractivity contribution in [1.29, 1.82) is 0 Å². The van der Waals surface area contributed by atoms with E-state index in [1.807, 2.05) is 32.0 Å². The summed E-state index contributed by atoms with van der Waals surface area (Å²) in [5.74, 6) is -0.218. The van der Waals surface area contributed by atoms with Crippen molar-refractivity contribution in [2.75, 3.05) is 5.32 Å². The summed E-state index contributed by atoms with van der Waals surface area (Å²) in [6, 6.07) is 25.3. The number of nitrogens with zero attached hydrogens (tertiary/aromatic N) is 2. The van der Waals surface area contributed by atoms with Crippen molar-refractivity contribution in [3.63, 3.8) is 0 Å². The second kappa shape index (κ2) is 8.89. The second-order valence-corrected chi connectivity index (χ2v) is 9.69. The van der Waals surface area contributed by atoms with E-state index in [1.54, 1.807) is 5.51 Å². The van der Waals surface area contributed by atoms with Crippen LogP contribution in [-0.4, -0.2) is 16.1 Å². The van der Waals surface area contributed by atoms with Crippen molar-refractivity contribution in [2.24, 2.45) is 5.41 Å². The Kier molecular flexibility index (Phi) is 5.79. The highest BCUT2D eigenvalue weighted by Crippen LogP contribution is 2.42. The van der Waals surface area contributed by atoms with Crippen LogP contribution in [0, 0.1) is 5.41 Å². The Labute approximate surface area is 197 Å². The van der Waals surface area contributed by atoms with E-state index in [0.29, 0.717) is 18.3 Å². The van der Waals surface area contributed by atoms with Crippen LogP contribution in [0.3, 0.4) is 0 Å². The van der Waals surface area contributed by atoms with Crippen molar-refractivity contribution in [2.45, 2.75) is 33.0 Å². The third-order valence-electron chi connectivity index (χ3n) is 6.32. The van der Waals surface area contributed by atoms with Crippen LogP contribution in [-0.2, 0) is 22.7 Å². The first-order chi connectivity index (χ1) is 16.0. The molecule has 4 aromatic rings. The number of nitrogens with one attached hydrogen (secondary N) is 1. The summed E-state index contributed by atoms with van der Waals surface area (Å²) >= 11 is 1.32. The lowest BCUT2D eigenvalue weighted by molar-refractivity contribution is -0.124. The van der Waals surface area contributed by atoms with Gasteiger partial charge >= 0.3 is 0 Å². The summed E-state index contributed by atoms with van der Waals surface area (Å²) in [5, 5.41) is 11.2. The second-order valence-electron chi connectivity index (χ2n) is 8.86. The van der Waals surface area contributed by atoms with E-state index in [1.165, 1.54) is 28.0 Å². The Balaban J connectivity index is 1.48. The molecule has 0 aliphatic carbocycles. The van der Waals surface area contributed by atoms with Gasteiger partial charge in [0.05, 0.1) is 18.6 Å². The molecule has 0 saturated carbocycles. The third-order valence-corrected chi connectivity index (χ3v) is 6.93. The van der Waals surface area contributed by atoms with Gasteiger partial charge in [0, 0.05) is 5.92 Å². The van der Waals surface area contributed by atoms with Gasteiger partial charge in [-0.3, -0.25) is 4.79 Å². The van der Waals surface area contributed by atoms with E-state index in [9.17, 15) is 4.79 Å². The molecule has 5 rings (SSSR count). The normalized spacial score (nSPS) is 14.0. The predicted octanol–water partition coefficient (Wildman–Crippen LogP) is 6.03. The molecule has 5 nitrogen and oxygen atoms in total. The van der Waals surface area contributed by atoms with Crippen LogP contribution in [0.5, 0.6) is 0 Å². The van der Waals surface area contributed by atoms with E-state index < -0.39 is 5.41 Å². The number of ether oxygens (including phenoxy) is 1. The number of anilines is 1. The van der Waals surface area contributed by atoms with Crippen molar-refractivity contribution < 1.29 is 9.53 Å². The summed E-state index contributed by atoms with van der Waals surface area (Å²) in [6.45, 7) is 5.33. The molecular weight excluding hydrogens is 430 g/mol. The number of hydrogen-bond acceptors (Lipinski definition) is 5. The third kappa shape index (κ3) is 4.32. The average molecular weight is 456 g/mol. The maximum Gasteiger partial charge on any atom is 0.232 e. The molecule has 6 heteroatoms. The lowest BCUT2D eigenvalue weighted by Crippen LogP contribution is -2.37. The molecule has 3 aromatic carbocycles. The minimum absolute atomic E-state index is 0.0872. The smallest absolute Gasteiger partial charge is 0.232 e. The summed E-state index contributed by atoms with van der Waals surface area (Å²) in [4.78, 5) is 13.3. The maximum absolute atomic E-state index is 13.3. The predicted molar refractivity (Wildman–Crippen MR) is 131 cm³/mol. The SMILES string of the molecule is CC(C)(C(=O)Nc1nncs1)C(c1ccccc1)c1ccc(-c2ccc3c(c2)COC3)cc1. The molecule has 1 amide bonds. The molecule has 166 valence electrons. The Morgan fingerprint density at radius 2 is 1.64 bits per heavy atom. The van der Waals surface area contributed by atoms with Crippen LogP contribution >= 0.6 is 11.3 Å². The zero-order valence-electron chi connectivity index (χ0n) is 18.6. The van der Waals surface area contributed by atoms with Gasteiger partial charge in [0.2, 0.25) is 11.0 Å². The number of amides is 1. The lowest BCUT2D eigenvalue weighted by atomic mass is 9.70. The first kappa shape index (κ1) is 21.5. The number of fused-ring (bicyclic) bond motifs is 1. The molecule has 1 aliphatic heterocycles. The van der Waals surface area contributed by atoms with Gasteiger partial charge in [-0.2, -0.15) is 0 Å². The van der Waals surface area contributed by atoms with Gasteiger partial charge < -0.3 is 10.1 Å². The van der Waals surface area contributed by atoms with Gasteiger partial charge in [-0.05, 0) is 39.4 Å². The summed E-state index contributed by atoms with van der Waals surface area (Å²) in [6.07, 6.45) is 0. The fourth-order valence-corrected chi connectivity index (χ4v) is 4.95. The molecule has 0 radical (unpaired) electrons. The fraction of sp³-hybridized carbons (Fsp3) is 0.222. The standard InChI is InChI=1S/C27H25N3O2S/c1-27(2,25(31)29-26-30-28-17-33-26)24(19-6-4-3-5-7-19)20-10-8-18(9-11-20)21-12-13-22-15-32-16-23(22)14-21/h3-14,17,24H,15-16H2,1-2H3,(H,29,30,31). The zero-order valence-corrected chi connectivity index (χ0v) is 19.4. The molecule has 33 heavy (non-hydrogen) atoms. The molecule has 0 spiro atoms. The van der Waals surface area contributed by atoms with Gasteiger partial charge in [0.25, 0.3) is 0 Å².